The number of nitrogens with zero attached hydrogens (tertiary/aromatic N) is 2. The van der Waals surface area contributed by atoms with E-state index in [-0.39, 0.29) is 17.0 Å². The van der Waals surface area contributed by atoms with E-state index in [0.717, 1.165) is 40.6 Å². The Bertz CT molecular complexity index is 896. The number of amides is 1. The van der Waals surface area contributed by atoms with Gasteiger partial charge in [0.1, 0.15) is 0 Å². The van der Waals surface area contributed by atoms with Gasteiger partial charge >= 0.3 is 0 Å². The molecule has 0 fully saturated rings. The van der Waals surface area contributed by atoms with Crippen LogP contribution in [0.1, 0.15) is 62.4 Å². The van der Waals surface area contributed by atoms with E-state index in [9.17, 15) is 9.59 Å². The predicted molar refractivity (Wildman–Crippen MR) is 121 cm³/mol. The van der Waals surface area contributed by atoms with Crippen molar-refractivity contribution in [3.63, 3.8) is 0 Å². The zero-order chi connectivity index (χ0) is 21.6. The van der Waals surface area contributed by atoms with E-state index in [0.29, 0.717) is 12.8 Å². The standard InChI is InChI=1S/C23H33N3O2S/c1-16-10-12-18(13-11-16)15-19-17(2)24-22(26(6)21(19)28)29-14-8-7-9-20(27)25-23(3,4)5/h10-13H,7-9,14-15H2,1-6H3,(H,25,27). The van der Waals surface area contributed by atoms with Gasteiger partial charge in [-0.2, -0.15) is 0 Å². The normalized spacial score (nSPS) is 11.5. The minimum Gasteiger partial charge on any atom is -0.352 e. The largest absolute Gasteiger partial charge is 0.352 e. The van der Waals surface area contributed by atoms with Gasteiger partial charge in [0.2, 0.25) is 5.91 Å². The van der Waals surface area contributed by atoms with Crippen LogP contribution in [0, 0.1) is 13.8 Å². The van der Waals surface area contributed by atoms with Crippen LogP contribution in [0.3, 0.4) is 0 Å². The lowest BCUT2D eigenvalue weighted by Gasteiger charge is -2.20. The van der Waals surface area contributed by atoms with Gasteiger partial charge in [-0.25, -0.2) is 4.98 Å². The highest BCUT2D eigenvalue weighted by Crippen LogP contribution is 2.18. The molecular weight excluding hydrogens is 382 g/mol. The molecule has 0 saturated heterocycles. The Morgan fingerprint density at radius 3 is 2.41 bits per heavy atom. The molecule has 1 aromatic heterocycles. The predicted octanol–water partition coefficient (Wildman–Crippen LogP) is 4.17. The summed E-state index contributed by atoms with van der Waals surface area (Å²) in [4.78, 5) is 29.4. The molecule has 0 radical (unpaired) electrons. The fourth-order valence-electron chi connectivity index (χ4n) is 3.00. The van der Waals surface area contributed by atoms with Gasteiger partial charge in [0, 0.05) is 42.4 Å². The molecule has 158 valence electrons. The Morgan fingerprint density at radius 2 is 1.79 bits per heavy atom. The van der Waals surface area contributed by atoms with Gasteiger partial charge < -0.3 is 5.32 Å². The molecule has 0 aliphatic rings. The van der Waals surface area contributed by atoms with Gasteiger partial charge in [-0.05, 0) is 53.0 Å². The second-order valence-corrected chi connectivity index (χ2v) is 9.65. The molecule has 6 heteroatoms. The lowest BCUT2D eigenvalue weighted by atomic mass is 10.0. The number of aryl methyl sites for hydroxylation is 2. The summed E-state index contributed by atoms with van der Waals surface area (Å²) in [6.07, 6.45) is 2.86. The maximum atomic E-state index is 12.8. The number of carbonyl (C=O) groups excluding carboxylic acids is 1. The van der Waals surface area contributed by atoms with Crippen LogP contribution in [0.2, 0.25) is 0 Å². The van der Waals surface area contributed by atoms with Gasteiger partial charge in [-0.15, -0.1) is 0 Å². The van der Waals surface area contributed by atoms with Gasteiger partial charge in [0.15, 0.2) is 5.16 Å². The summed E-state index contributed by atoms with van der Waals surface area (Å²) in [5.41, 5.74) is 3.70. The van der Waals surface area contributed by atoms with E-state index < -0.39 is 0 Å². The van der Waals surface area contributed by atoms with Crippen molar-refractivity contribution in [1.29, 1.82) is 0 Å². The molecule has 2 aromatic rings. The number of hydrogen-bond acceptors (Lipinski definition) is 4. The molecule has 1 aromatic carbocycles. The van der Waals surface area contributed by atoms with Crippen LogP contribution in [-0.4, -0.2) is 26.8 Å². The molecule has 1 heterocycles. The Morgan fingerprint density at radius 1 is 1.14 bits per heavy atom. The van der Waals surface area contributed by atoms with Crippen molar-refractivity contribution in [2.24, 2.45) is 7.05 Å². The molecule has 5 nitrogen and oxygen atoms in total. The summed E-state index contributed by atoms with van der Waals surface area (Å²) < 4.78 is 1.65. The van der Waals surface area contributed by atoms with Crippen molar-refractivity contribution in [2.45, 2.75) is 71.0 Å². The van der Waals surface area contributed by atoms with E-state index in [1.807, 2.05) is 27.7 Å². The Kier molecular flexibility index (Phi) is 8.08. The van der Waals surface area contributed by atoms with E-state index in [1.54, 1.807) is 23.4 Å². The highest BCUT2D eigenvalue weighted by molar-refractivity contribution is 7.99. The highest BCUT2D eigenvalue weighted by atomic mass is 32.2. The Labute approximate surface area is 178 Å². The summed E-state index contributed by atoms with van der Waals surface area (Å²) in [5.74, 6) is 0.921. The maximum Gasteiger partial charge on any atom is 0.257 e. The molecule has 0 bridgehead atoms. The minimum absolute atomic E-state index is 0.0186. The summed E-state index contributed by atoms with van der Waals surface area (Å²) in [6.45, 7) is 9.91. The van der Waals surface area contributed by atoms with E-state index in [4.69, 9.17) is 0 Å². The van der Waals surface area contributed by atoms with Crippen LogP contribution in [0.5, 0.6) is 0 Å². The number of rotatable bonds is 8. The molecule has 1 N–H and O–H groups in total. The van der Waals surface area contributed by atoms with E-state index >= 15 is 0 Å². The van der Waals surface area contributed by atoms with Crippen LogP contribution >= 0.6 is 11.8 Å². The number of aromatic nitrogens is 2. The van der Waals surface area contributed by atoms with Crippen molar-refractivity contribution in [1.82, 2.24) is 14.9 Å². The third kappa shape index (κ3) is 7.35. The lowest BCUT2D eigenvalue weighted by molar-refractivity contribution is -0.122. The van der Waals surface area contributed by atoms with Gasteiger partial charge in [0.25, 0.3) is 5.56 Å². The SMILES string of the molecule is Cc1ccc(Cc2c(C)nc(SCCCCC(=O)NC(C)(C)C)n(C)c2=O)cc1. The highest BCUT2D eigenvalue weighted by Gasteiger charge is 2.14. The molecule has 0 atom stereocenters. The maximum absolute atomic E-state index is 12.8. The first-order chi connectivity index (χ1) is 13.6. The number of benzene rings is 1. The molecule has 29 heavy (non-hydrogen) atoms. The Hall–Kier alpha value is -2.08. The lowest BCUT2D eigenvalue weighted by Crippen LogP contribution is -2.40. The van der Waals surface area contributed by atoms with Crippen molar-refractivity contribution < 1.29 is 4.79 Å². The monoisotopic (exact) mass is 415 g/mol. The molecular formula is C23H33N3O2S. The van der Waals surface area contributed by atoms with Crippen LogP contribution < -0.4 is 10.9 Å². The Balaban J connectivity index is 1.93. The molecule has 0 aliphatic carbocycles. The van der Waals surface area contributed by atoms with Gasteiger partial charge in [-0.1, -0.05) is 41.6 Å². The number of carbonyl (C=O) groups is 1. The fourth-order valence-corrected chi connectivity index (χ4v) is 4.01. The number of thioether (sulfide) groups is 1. The average molecular weight is 416 g/mol. The average Bonchev–Trinajstić information content (AvgIpc) is 2.62. The van der Waals surface area contributed by atoms with Gasteiger partial charge in [0.05, 0.1) is 0 Å². The van der Waals surface area contributed by atoms with Crippen molar-refractivity contribution >= 4 is 17.7 Å². The van der Waals surface area contributed by atoms with Crippen LogP contribution in [-0.2, 0) is 18.3 Å². The van der Waals surface area contributed by atoms with Crippen LogP contribution in [0.25, 0.3) is 0 Å². The van der Waals surface area contributed by atoms with Crippen molar-refractivity contribution in [2.75, 3.05) is 5.75 Å². The van der Waals surface area contributed by atoms with Gasteiger partial charge in [-0.3, -0.25) is 14.2 Å². The van der Waals surface area contributed by atoms with E-state index in [1.165, 1.54) is 5.56 Å². The van der Waals surface area contributed by atoms with E-state index in [2.05, 4.69) is 41.5 Å². The van der Waals surface area contributed by atoms with Crippen LogP contribution in [0.15, 0.2) is 34.2 Å². The second-order valence-electron chi connectivity index (χ2n) is 8.59. The first-order valence-electron chi connectivity index (χ1n) is 10.1. The summed E-state index contributed by atoms with van der Waals surface area (Å²) in [7, 11) is 1.78. The smallest absolute Gasteiger partial charge is 0.257 e. The third-order valence-corrected chi connectivity index (χ3v) is 5.71. The molecule has 0 unspecified atom stereocenters. The molecule has 0 spiro atoms. The molecule has 0 aliphatic heterocycles. The first-order valence-corrected chi connectivity index (χ1v) is 11.1. The number of hydrogen-bond donors (Lipinski definition) is 1. The molecule has 2 rings (SSSR count). The fraction of sp³-hybridized carbons (Fsp3) is 0.522. The first kappa shape index (κ1) is 23.2. The van der Waals surface area contributed by atoms with Crippen LogP contribution in [0.4, 0.5) is 0 Å². The number of unbranched alkanes of at least 4 members (excludes halogenated alkanes) is 1. The van der Waals surface area contributed by atoms with Crippen molar-refractivity contribution in [3.05, 3.63) is 57.0 Å². The summed E-state index contributed by atoms with van der Waals surface area (Å²) in [5, 5.41) is 3.71. The quantitative estimate of drug-likeness (QED) is 0.399. The zero-order valence-electron chi connectivity index (χ0n) is 18.5. The third-order valence-electron chi connectivity index (χ3n) is 4.60. The number of nitrogens with one attached hydrogen (secondary N) is 1. The van der Waals surface area contributed by atoms with Crippen molar-refractivity contribution in [3.8, 4) is 0 Å². The minimum atomic E-state index is -0.189. The summed E-state index contributed by atoms with van der Waals surface area (Å²) >= 11 is 1.58. The zero-order valence-corrected chi connectivity index (χ0v) is 19.3. The summed E-state index contributed by atoms with van der Waals surface area (Å²) in [6, 6.07) is 8.25. The molecule has 1 amide bonds. The second kappa shape index (κ2) is 10.1. The molecule has 0 saturated carbocycles. The topological polar surface area (TPSA) is 64.0 Å².